The summed E-state index contributed by atoms with van der Waals surface area (Å²) >= 11 is 1.35. The number of anilines is 1. The number of rotatable bonds is 7. The molecular weight excluding hydrogens is 519 g/mol. The fraction of sp³-hybridized carbons (Fsp3) is 0.231. The molecule has 3 N–H and O–H groups in total. The van der Waals surface area contributed by atoms with Gasteiger partial charge >= 0.3 is 6.18 Å². The lowest BCUT2D eigenvalue weighted by atomic mass is 10.1. The van der Waals surface area contributed by atoms with Crippen LogP contribution in [0.2, 0.25) is 0 Å². The van der Waals surface area contributed by atoms with Gasteiger partial charge in [-0.15, -0.1) is 11.3 Å². The van der Waals surface area contributed by atoms with Gasteiger partial charge in [0.2, 0.25) is 0 Å². The molecule has 3 unspecified atom stereocenters. The standard InChI is InChI=1S/C26H20F3N5O3S/c27-26(28,29)22-10-20(34(33-22)18-6-1-3-14(7-18)11-30)24(37)32-17-5-2-4-15(8-17)23(36)25-31-12-21(38-25)19-9-16(19)13-35/h1-8,10,12,16,19,23,35-36H,9,13H2,(H,32,37). The molecule has 1 amide bonds. The van der Waals surface area contributed by atoms with E-state index in [1.54, 1.807) is 24.4 Å². The second-order valence-electron chi connectivity index (χ2n) is 8.85. The van der Waals surface area contributed by atoms with Crippen LogP contribution in [0.3, 0.4) is 0 Å². The number of thiazole rings is 1. The molecule has 0 saturated heterocycles. The van der Waals surface area contributed by atoms with Gasteiger partial charge in [-0.05, 0) is 48.2 Å². The van der Waals surface area contributed by atoms with Crippen LogP contribution in [0.5, 0.6) is 0 Å². The Morgan fingerprint density at radius 3 is 2.74 bits per heavy atom. The van der Waals surface area contributed by atoms with Crippen molar-refractivity contribution in [2.45, 2.75) is 24.6 Å². The van der Waals surface area contributed by atoms with Crippen molar-refractivity contribution < 1.29 is 28.2 Å². The third-order valence-corrected chi connectivity index (χ3v) is 7.39. The topological polar surface area (TPSA) is 124 Å². The molecule has 3 atom stereocenters. The van der Waals surface area contributed by atoms with Crippen LogP contribution >= 0.6 is 11.3 Å². The lowest BCUT2D eigenvalue weighted by Crippen LogP contribution is -2.17. The van der Waals surface area contributed by atoms with Crippen molar-refractivity contribution in [2.75, 3.05) is 11.9 Å². The molecule has 1 aliphatic rings. The lowest BCUT2D eigenvalue weighted by Gasteiger charge is -2.12. The van der Waals surface area contributed by atoms with Gasteiger partial charge in [-0.2, -0.15) is 23.5 Å². The lowest BCUT2D eigenvalue weighted by molar-refractivity contribution is -0.141. The number of aliphatic hydroxyl groups is 2. The zero-order valence-electron chi connectivity index (χ0n) is 19.6. The number of amides is 1. The zero-order valence-corrected chi connectivity index (χ0v) is 20.4. The first kappa shape index (κ1) is 25.6. The minimum absolute atomic E-state index is 0.106. The van der Waals surface area contributed by atoms with E-state index >= 15 is 0 Å². The van der Waals surface area contributed by atoms with E-state index in [0.29, 0.717) is 16.6 Å². The Morgan fingerprint density at radius 2 is 2.03 bits per heavy atom. The van der Waals surface area contributed by atoms with E-state index in [9.17, 15) is 28.2 Å². The fourth-order valence-corrected chi connectivity index (χ4v) is 5.25. The minimum atomic E-state index is -4.79. The molecule has 5 rings (SSSR count). The highest BCUT2D eigenvalue weighted by Crippen LogP contribution is 2.49. The number of nitrogens with zero attached hydrogens (tertiary/aromatic N) is 4. The first-order valence-corrected chi connectivity index (χ1v) is 12.3. The van der Waals surface area contributed by atoms with Crippen molar-refractivity contribution in [3.05, 3.63) is 93.2 Å². The Morgan fingerprint density at radius 1 is 1.24 bits per heavy atom. The molecule has 38 heavy (non-hydrogen) atoms. The molecule has 1 saturated carbocycles. The van der Waals surface area contributed by atoms with Crippen LogP contribution in [0.4, 0.5) is 18.9 Å². The van der Waals surface area contributed by atoms with Gasteiger partial charge in [0.15, 0.2) is 5.69 Å². The molecule has 194 valence electrons. The number of nitriles is 1. The molecular formula is C26H20F3N5O3S. The average molecular weight is 540 g/mol. The van der Waals surface area contributed by atoms with E-state index in [1.165, 1.54) is 41.7 Å². The van der Waals surface area contributed by atoms with E-state index in [0.717, 1.165) is 16.0 Å². The largest absolute Gasteiger partial charge is 0.435 e. The first-order chi connectivity index (χ1) is 18.2. The third kappa shape index (κ3) is 5.17. The van der Waals surface area contributed by atoms with E-state index in [2.05, 4.69) is 15.4 Å². The Bertz CT molecular complexity index is 1540. The van der Waals surface area contributed by atoms with E-state index in [-0.39, 0.29) is 41.1 Å². The van der Waals surface area contributed by atoms with Crippen molar-refractivity contribution in [1.29, 1.82) is 5.26 Å². The van der Waals surface area contributed by atoms with Crippen molar-refractivity contribution in [3.63, 3.8) is 0 Å². The number of alkyl halides is 3. The van der Waals surface area contributed by atoms with Crippen LogP contribution in [0.1, 0.15) is 55.6 Å². The molecule has 0 aliphatic heterocycles. The predicted molar refractivity (Wildman–Crippen MR) is 132 cm³/mol. The number of aliphatic hydroxyl groups excluding tert-OH is 2. The quantitative estimate of drug-likeness (QED) is 0.314. The van der Waals surface area contributed by atoms with Crippen LogP contribution < -0.4 is 5.32 Å². The number of benzene rings is 2. The van der Waals surface area contributed by atoms with Crippen LogP contribution in [-0.4, -0.2) is 37.5 Å². The smallest absolute Gasteiger partial charge is 0.396 e. The van der Waals surface area contributed by atoms with E-state index < -0.39 is 23.9 Å². The second-order valence-corrected chi connectivity index (χ2v) is 9.95. The van der Waals surface area contributed by atoms with Gasteiger partial charge in [0, 0.05) is 35.4 Å². The summed E-state index contributed by atoms with van der Waals surface area (Å²) in [6.45, 7) is 0.106. The number of carbonyl (C=O) groups is 1. The molecule has 8 nitrogen and oxygen atoms in total. The SMILES string of the molecule is N#Cc1cccc(-n2nc(C(F)(F)F)cc2C(=O)Nc2cccc(C(O)c3ncc(C4CC4CO)s3)c2)c1. The summed E-state index contributed by atoms with van der Waals surface area (Å²) in [5.41, 5.74) is -0.646. The molecule has 1 fully saturated rings. The van der Waals surface area contributed by atoms with Gasteiger partial charge in [0.1, 0.15) is 16.8 Å². The van der Waals surface area contributed by atoms with Gasteiger partial charge in [0.25, 0.3) is 5.91 Å². The molecule has 4 aromatic rings. The number of hydrogen-bond acceptors (Lipinski definition) is 7. The van der Waals surface area contributed by atoms with Gasteiger partial charge < -0.3 is 15.5 Å². The Labute approximate surface area is 218 Å². The Kier molecular flexibility index (Phi) is 6.75. The monoisotopic (exact) mass is 539 g/mol. The summed E-state index contributed by atoms with van der Waals surface area (Å²) in [6, 6.07) is 14.6. The summed E-state index contributed by atoms with van der Waals surface area (Å²) in [5, 5.41) is 35.9. The number of halogens is 3. The summed E-state index contributed by atoms with van der Waals surface area (Å²) in [4.78, 5) is 18.4. The van der Waals surface area contributed by atoms with Crippen molar-refractivity contribution in [3.8, 4) is 11.8 Å². The van der Waals surface area contributed by atoms with Gasteiger partial charge in [0.05, 0.1) is 17.3 Å². The van der Waals surface area contributed by atoms with Gasteiger partial charge in [-0.25, -0.2) is 9.67 Å². The van der Waals surface area contributed by atoms with Crippen LogP contribution in [0, 0.1) is 17.2 Å². The zero-order chi connectivity index (χ0) is 27.0. The molecule has 1 aliphatic carbocycles. The molecule has 0 bridgehead atoms. The van der Waals surface area contributed by atoms with Crippen molar-refractivity contribution in [2.24, 2.45) is 5.92 Å². The number of aromatic nitrogens is 3. The van der Waals surface area contributed by atoms with Gasteiger partial charge in [-0.3, -0.25) is 4.79 Å². The number of carbonyl (C=O) groups excluding carboxylic acids is 1. The molecule has 2 aromatic heterocycles. The normalized spacial score (nSPS) is 17.6. The maximum absolute atomic E-state index is 13.4. The first-order valence-electron chi connectivity index (χ1n) is 11.5. The van der Waals surface area contributed by atoms with Crippen LogP contribution in [0.25, 0.3) is 5.69 Å². The number of hydrogen-bond donors (Lipinski definition) is 3. The van der Waals surface area contributed by atoms with E-state index in [1.807, 2.05) is 6.07 Å². The Hall–Kier alpha value is -4.05. The maximum Gasteiger partial charge on any atom is 0.435 e. The third-order valence-electron chi connectivity index (χ3n) is 6.21. The average Bonchev–Trinajstić information content (AvgIpc) is 3.30. The summed E-state index contributed by atoms with van der Waals surface area (Å²) in [5.74, 6) is -0.403. The highest BCUT2D eigenvalue weighted by atomic mass is 32.1. The molecule has 2 heterocycles. The Balaban J connectivity index is 1.40. The predicted octanol–water partition coefficient (Wildman–Crippen LogP) is 4.65. The number of nitrogens with one attached hydrogen (secondary N) is 1. The minimum Gasteiger partial charge on any atom is -0.396 e. The summed E-state index contributed by atoms with van der Waals surface area (Å²) in [6.07, 6.45) is -3.30. The fourth-order valence-electron chi connectivity index (χ4n) is 4.11. The second kappa shape index (κ2) is 10.0. The molecule has 0 radical (unpaired) electrons. The molecule has 2 aromatic carbocycles. The summed E-state index contributed by atoms with van der Waals surface area (Å²) in [7, 11) is 0. The highest BCUT2D eigenvalue weighted by molar-refractivity contribution is 7.11. The highest BCUT2D eigenvalue weighted by Gasteiger charge is 2.39. The molecule has 0 spiro atoms. The van der Waals surface area contributed by atoms with E-state index in [4.69, 9.17) is 5.26 Å². The van der Waals surface area contributed by atoms with Crippen molar-refractivity contribution in [1.82, 2.24) is 14.8 Å². The van der Waals surface area contributed by atoms with Gasteiger partial charge in [-0.1, -0.05) is 18.2 Å². The maximum atomic E-state index is 13.4. The summed E-state index contributed by atoms with van der Waals surface area (Å²) < 4.78 is 41.1. The van der Waals surface area contributed by atoms with Crippen LogP contribution in [0.15, 0.2) is 60.8 Å². The van der Waals surface area contributed by atoms with Crippen molar-refractivity contribution >= 4 is 22.9 Å². The molecule has 12 heteroatoms. The van der Waals surface area contributed by atoms with Crippen LogP contribution in [-0.2, 0) is 6.18 Å².